The van der Waals surface area contributed by atoms with E-state index in [1.54, 1.807) is 20.8 Å². The molecule has 0 unspecified atom stereocenters. The molecule has 6 nitrogen and oxygen atoms in total. The summed E-state index contributed by atoms with van der Waals surface area (Å²) in [5, 5.41) is 2.24. The van der Waals surface area contributed by atoms with Crippen LogP contribution in [0.5, 0.6) is 5.75 Å². The van der Waals surface area contributed by atoms with Crippen LogP contribution in [0.1, 0.15) is 44.7 Å². The number of carbonyl (C=O) groups excluding carboxylic acids is 2. The molecule has 1 N–H and O–H groups in total. The minimum Gasteiger partial charge on any atom is -0.449 e. The zero-order chi connectivity index (χ0) is 29.4. The van der Waals surface area contributed by atoms with Crippen LogP contribution in [0.3, 0.4) is 0 Å². The maximum atomic E-state index is 14.2. The van der Waals surface area contributed by atoms with E-state index in [0.29, 0.717) is 0 Å². The third-order valence-electron chi connectivity index (χ3n) is 6.25. The smallest absolute Gasteiger partial charge is 0.407 e. The number of rotatable bonds is 7. The van der Waals surface area contributed by atoms with Gasteiger partial charge in [-0.3, -0.25) is 0 Å². The molecule has 4 rings (SSSR count). The monoisotopic (exact) mass is 563 g/mol. The van der Waals surface area contributed by atoms with Gasteiger partial charge in [-0.15, -0.1) is 0 Å². The van der Waals surface area contributed by atoms with E-state index in [2.05, 4.69) is 10.1 Å². The van der Waals surface area contributed by atoms with Gasteiger partial charge >= 0.3 is 12.1 Å². The number of fused-ring (bicyclic) bond motifs is 3. The third kappa shape index (κ3) is 5.79. The van der Waals surface area contributed by atoms with Gasteiger partial charge in [0.1, 0.15) is 6.61 Å². The van der Waals surface area contributed by atoms with E-state index < -0.39 is 64.6 Å². The topological polar surface area (TPSA) is 73.9 Å². The molecule has 0 saturated heterocycles. The molecule has 0 heterocycles. The fraction of sp³-hybridized carbons (Fsp3) is 0.310. The van der Waals surface area contributed by atoms with Crippen molar-refractivity contribution in [3.05, 3.63) is 88.7 Å². The molecule has 1 aliphatic rings. The number of amides is 1. The first-order valence-electron chi connectivity index (χ1n) is 12.3. The molecule has 1 amide bonds. The maximum absolute atomic E-state index is 14.2. The highest BCUT2D eigenvalue weighted by Gasteiger charge is 2.36. The lowest BCUT2D eigenvalue weighted by molar-refractivity contribution is -0.144. The van der Waals surface area contributed by atoms with Crippen LogP contribution < -0.4 is 10.1 Å². The van der Waals surface area contributed by atoms with Crippen molar-refractivity contribution >= 4 is 12.1 Å². The first kappa shape index (κ1) is 29.0. The summed E-state index contributed by atoms with van der Waals surface area (Å²) in [6, 6.07) is 13.5. The van der Waals surface area contributed by atoms with Crippen molar-refractivity contribution < 1.29 is 45.8 Å². The van der Waals surface area contributed by atoms with Gasteiger partial charge in [0, 0.05) is 5.92 Å². The highest BCUT2D eigenvalue weighted by molar-refractivity contribution is 5.84. The first-order valence-corrected chi connectivity index (χ1v) is 12.3. The predicted molar refractivity (Wildman–Crippen MR) is 134 cm³/mol. The van der Waals surface area contributed by atoms with Crippen LogP contribution in [0, 0.1) is 29.1 Å². The van der Waals surface area contributed by atoms with E-state index in [0.717, 1.165) is 22.3 Å². The Morgan fingerprint density at radius 3 is 1.80 bits per heavy atom. The lowest BCUT2D eigenvalue weighted by Gasteiger charge is -2.30. The molecule has 40 heavy (non-hydrogen) atoms. The van der Waals surface area contributed by atoms with Gasteiger partial charge in [-0.1, -0.05) is 48.5 Å². The van der Waals surface area contributed by atoms with Crippen LogP contribution >= 0.6 is 0 Å². The Morgan fingerprint density at radius 1 is 0.825 bits per heavy atom. The number of alkyl carbamates (subject to hydrolysis) is 1. The summed E-state index contributed by atoms with van der Waals surface area (Å²) in [6.07, 6.45) is -2.26. The molecule has 0 radical (unpaired) electrons. The van der Waals surface area contributed by atoms with Gasteiger partial charge in [0.25, 0.3) is 0 Å². The molecule has 1 aliphatic carbocycles. The van der Waals surface area contributed by atoms with Crippen molar-refractivity contribution in [3.63, 3.8) is 0 Å². The number of esters is 1. The summed E-state index contributed by atoms with van der Waals surface area (Å²) in [4.78, 5) is 25.8. The predicted octanol–water partition coefficient (Wildman–Crippen LogP) is 6.40. The van der Waals surface area contributed by atoms with Crippen molar-refractivity contribution in [3.8, 4) is 16.9 Å². The van der Waals surface area contributed by atoms with Gasteiger partial charge in [-0.25, -0.2) is 22.8 Å². The Morgan fingerprint density at radius 2 is 1.30 bits per heavy atom. The molecule has 2 atom stereocenters. The Labute approximate surface area is 227 Å². The molecule has 0 spiro atoms. The van der Waals surface area contributed by atoms with Crippen molar-refractivity contribution in [1.29, 1.82) is 0 Å². The summed E-state index contributed by atoms with van der Waals surface area (Å²) >= 11 is 0. The summed E-state index contributed by atoms with van der Waals surface area (Å²) in [5.41, 5.74) is 2.99. The largest absolute Gasteiger partial charge is 0.449 e. The molecule has 0 saturated carbocycles. The summed E-state index contributed by atoms with van der Waals surface area (Å²) < 4.78 is 84.7. The lowest BCUT2D eigenvalue weighted by atomic mass is 9.98. The average molecular weight is 564 g/mol. The second-order valence-electron chi connectivity index (χ2n) is 10.2. The molecule has 3 aromatic carbocycles. The van der Waals surface area contributed by atoms with Gasteiger partial charge in [0.2, 0.25) is 34.8 Å². The SMILES string of the molecule is C[C@@H](OC(C)(C)C)[C@H](NC(=O)OCC1c2ccccc2-c2ccccc21)C(=O)Oc1c(F)c(F)c(F)c(F)c1F. The van der Waals surface area contributed by atoms with Gasteiger partial charge < -0.3 is 19.5 Å². The van der Waals surface area contributed by atoms with Crippen molar-refractivity contribution in [1.82, 2.24) is 5.32 Å². The molecule has 11 heteroatoms. The summed E-state index contributed by atoms with van der Waals surface area (Å²) in [7, 11) is 0. The average Bonchev–Trinajstić information content (AvgIpc) is 3.23. The normalized spacial score (nSPS) is 14.2. The molecule has 0 aliphatic heterocycles. The van der Waals surface area contributed by atoms with Crippen LogP contribution in [-0.4, -0.2) is 36.4 Å². The number of carbonyl (C=O) groups is 2. The van der Waals surface area contributed by atoms with E-state index >= 15 is 0 Å². The van der Waals surface area contributed by atoms with Crippen LogP contribution in [0.25, 0.3) is 11.1 Å². The zero-order valence-electron chi connectivity index (χ0n) is 22.0. The number of hydrogen-bond acceptors (Lipinski definition) is 5. The van der Waals surface area contributed by atoms with Gasteiger partial charge in [-0.05, 0) is 49.9 Å². The number of nitrogens with one attached hydrogen (secondary N) is 1. The van der Waals surface area contributed by atoms with Gasteiger partial charge in [0.15, 0.2) is 6.04 Å². The number of benzene rings is 3. The molecule has 3 aromatic rings. The summed E-state index contributed by atoms with van der Waals surface area (Å²) in [5.74, 6) is -15.3. The molecule has 212 valence electrons. The zero-order valence-corrected chi connectivity index (χ0v) is 22.0. The second kappa shape index (κ2) is 11.2. The highest BCUT2D eigenvalue weighted by Crippen LogP contribution is 2.44. The van der Waals surface area contributed by atoms with E-state index in [4.69, 9.17) is 9.47 Å². The van der Waals surface area contributed by atoms with E-state index in [1.807, 2.05) is 48.5 Å². The molecular formula is C29H26F5NO5. The van der Waals surface area contributed by atoms with E-state index in [-0.39, 0.29) is 12.5 Å². The second-order valence-corrected chi connectivity index (χ2v) is 10.2. The quantitative estimate of drug-likeness (QED) is 0.118. The summed E-state index contributed by atoms with van der Waals surface area (Å²) in [6.45, 7) is 6.17. The van der Waals surface area contributed by atoms with Crippen LogP contribution in [0.15, 0.2) is 48.5 Å². The van der Waals surface area contributed by atoms with Crippen LogP contribution in [-0.2, 0) is 14.3 Å². The number of hydrogen-bond donors (Lipinski definition) is 1. The molecule has 0 bridgehead atoms. The highest BCUT2D eigenvalue weighted by atomic mass is 19.2. The minimum atomic E-state index is -2.41. The fourth-order valence-corrected chi connectivity index (χ4v) is 4.60. The standard InChI is InChI=1S/C29H26F5NO5/c1-14(40-29(2,3)4)25(27(36)39-26-23(33)21(31)20(30)22(32)24(26)34)35-28(37)38-13-19-17-11-7-5-9-15(17)16-10-6-8-12-18(16)19/h5-12,14,19,25H,13H2,1-4H3,(H,35,37)/t14-,25+/m1/s1. The van der Waals surface area contributed by atoms with Crippen LogP contribution in [0.2, 0.25) is 0 Å². The third-order valence-corrected chi connectivity index (χ3v) is 6.25. The fourth-order valence-electron chi connectivity index (χ4n) is 4.60. The van der Waals surface area contributed by atoms with Gasteiger partial charge in [0.05, 0.1) is 11.7 Å². The Hall–Kier alpha value is -3.99. The van der Waals surface area contributed by atoms with E-state index in [9.17, 15) is 31.5 Å². The Balaban J connectivity index is 1.54. The van der Waals surface area contributed by atoms with E-state index in [1.165, 1.54) is 6.92 Å². The first-order chi connectivity index (χ1) is 18.8. The number of ether oxygens (including phenoxy) is 3. The van der Waals surface area contributed by atoms with Crippen molar-refractivity contribution in [2.24, 2.45) is 0 Å². The molecule has 0 aromatic heterocycles. The maximum Gasteiger partial charge on any atom is 0.407 e. The Kier molecular flexibility index (Phi) is 8.15. The van der Waals surface area contributed by atoms with Crippen molar-refractivity contribution in [2.45, 2.75) is 51.4 Å². The Bertz CT molecular complexity index is 1380. The van der Waals surface area contributed by atoms with Crippen LogP contribution in [0.4, 0.5) is 26.7 Å². The molecular weight excluding hydrogens is 537 g/mol. The number of halogens is 5. The van der Waals surface area contributed by atoms with Gasteiger partial charge in [-0.2, -0.15) is 8.78 Å². The van der Waals surface area contributed by atoms with Crippen molar-refractivity contribution in [2.75, 3.05) is 6.61 Å². The minimum absolute atomic E-state index is 0.117. The molecule has 0 fully saturated rings. The lowest BCUT2D eigenvalue weighted by Crippen LogP contribution is -2.52.